The number of fused-ring (bicyclic) bond motifs is 1. The first-order valence-electron chi connectivity index (χ1n) is 5.00. The number of furan rings is 1. The molecule has 0 aromatic carbocycles. The Hall–Kier alpha value is -0.720. The molecule has 1 heteroatoms. The van der Waals surface area contributed by atoms with Crippen molar-refractivity contribution in [3.05, 3.63) is 23.2 Å². The number of hydrogen-bond donors (Lipinski definition) is 0. The third kappa shape index (κ3) is 1.40. The zero-order valence-corrected chi connectivity index (χ0v) is 7.73. The SMILES string of the molecule is CCCc1cc2c(o1)CCCC2. The quantitative estimate of drug-likeness (QED) is 0.654. The zero-order valence-electron chi connectivity index (χ0n) is 7.73. The first-order valence-corrected chi connectivity index (χ1v) is 5.00. The van der Waals surface area contributed by atoms with Crippen molar-refractivity contribution in [3.8, 4) is 0 Å². The minimum Gasteiger partial charge on any atom is -0.466 e. The van der Waals surface area contributed by atoms with E-state index in [4.69, 9.17) is 4.42 Å². The Morgan fingerprint density at radius 3 is 2.92 bits per heavy atom. The summed E-state index contributed by atoms with van der Waals surface area (Å²) in [6, 6.07) is 2.26. The average Bonchev–Trinajstić information content (AvgIpc) is 2.47. The summed E-state index contributed by atoms with van der Waals surface area (Å²) in [5.74, 6) is 2.47. The van der Waals surface area contributed by atoms with E-state index in [1.165, 1.54) is 49.2 Å². The maximum atomic E-state index is 5.75. The minimum atomic E-state index is 1.10. The van der Waals surface area contributed by atoms with E-state index in [2.05, 4.69) is 13.0 Å². The minimum absolute atomic E-state index is 1.10. The van der Waals surface area contributed by atoms with Crippen LogP contribution in [-0.2, 0) is 19.3 Å². The van der Waals surface area contributed by atoms with Gasteiger partial charge in [0.25, 0.3) is 0 Å². The molecule has 66 valence electrons. The monoisotopic (exact) mass is 164 g/mol. The van der Waals surface area contributed by atoms with Gasteiger partial charge in [-0.3, -0.25) is 0 Å². The van der Waals surface area contributed by atoms with E-state index in [1.807, 2.05) is 0 Å². The highest BCUT2D eigenvalue weighted by molar-refractivity contribution is 5.24. The van der Waals surface area contributed by atoms with E-state index in [-0.39, 0.29) is 0 Å². The highest BCUT2D eigenvalue weighted by Gasteiger charge is 2.14. The van der Waals surface area contributed by atoms with Gasteiger partial charge in [-0.15, -0.1) is 0 Å². The molecule has 1 aromatic rings. The summed E-state index contributed by atoms with van der Waals surface area (Å²) in [5, 5.41) is 0. The van der Waals surface area contributed by atoms with Crippen LogP contribution in [0.3, 0.4) is 0 Å². The second-order valence-corrected chi connectivity index (χ2v) is 3.62. The lowest BCUT2D eigenvalue weighted by molar-refractivity contribution is 0.442. The summed E-state index contributed by atoms with van der Waals surface area (Å²) < 4.78 is 5.75. The van der Waals surface area contributed by atoms with Crippen molar-refractivity contribution in [3.63, 3.8) is 0 Å². The molecule has 12 heavy (non-hydrogen) atoms. The van der Waals surface area contributed by atoms with Crippen LogP contribution in [0.5, 0.6) is 0 Å². The number of aryl methyl sites for hydroxylation is 3. The average molecular weight is 164 g/mol. The predicted octanol–water partition coefficient (Wildman–Crippen LogP) is 3.11. The molecule has 0 radical (unpaired) electrons. The smallest absolute Gasteiger partial charge is 0.107 e. The van der Waals surface area contributed by atoms with Gasteiger partial charge in [0.2, 0.25) is 0 Å². The van der Waals surface area contributed by atoms with Gasteiger partial charge in [0.05, 0.1) is 0 Å². The van der Waals surface area contributed by atoms with Gasteiger partial charge in [0.15, 0.2) is 0 Å². The van der Waals surface area contributed by atoms with E-state index in [9.17, 15) is 0 Å². The fourth-order valence-electron chi connectivity index (χ4n) is 1.92. The Bertz CT molecular complexity index is 236. The van der Waals surface area contributed by atoms with Crippen LogP contribution in [-0.4, -0.2) is 0 Å². The molecule has 0 bridgehead atoms. The molecule has 0 unspecified atom stereocenters. The molecule has 1 nitrogen and oxygen atoms in total. The summed E-state index contributed by atoms with van der Waals surface area (Å²) in [6.45, 7) is 2.20. The maximum absolute atomic E-state index is 5.75. The molecular formula is C11H16O. The van der Waals surface area contributed by atoms with Crippen molar-refractivity contribution in [2.45, 2.75) is 45.4 Å². The highest BCUT2D eigenvalue weighted by Crippen LogP contribution is 2.25. The Balaban J connectivity index is 2.20. The van der Waals surface area contributed by atoms with Crippen molar-refractivity contribution < 1.29 is 4.42 Å². The van der Waals surface area contributed by atoms with Crippen LogP contribution >= 0.6 is 0 Å². The van der Waals surface area contributed by atoms with Crippen molar-refractivity contribution in [1.82, 2.24) is 0 Å². The van der Waals surface area contributed by atoms with Crippen LogP contribution in [0.15, 0.2) is 10.5 Å². The van der Waals surface area contributed by atoms with Crippen molar-refractivity contribution in [2.75, 3.05) is 0 Å². The number of hydrogen-bond acceptors (Lipinski definition) is 1. The fourth-order valence-corrected chi connectivity index (χ4v) is 1.92. The van der Waals surface area contributed by atoms with E-state index < -0.39 is 0 Å². The predicted molar refractivity (Wildman–Crippen MR) is 49.3 cm³/mol. The van der Waals surface area contributed by atoms with Gasteiger partial charge < -0.3 is 4.42 Å². The van der Waals surface area contributed by atoms with Gasteiger partial charge in [-0.2, -0.15) is 0 Å². The highest BCUT2D eigenvalue weighted by atomic mass is 16.3. The molecule has 1 aliphatic carbocycles. The third-order valence-electron chi connectivity index (χ3n) is 2.54. The molecule has 0 aliphatic heterocycles. The fraction of sp³-hybridized carbons (Fsp3) is 0.636. The molecule has 1 aromatic heterocycles. The molecule has 2 rings (SSSR count). The second kappa shape index (κ2) is 3.34. The van der Waals surface area contributed by atoms with E-state index in [0.29, 0.717) is 0 Å². The number of rotatable bonds is 2. The van der Waals surface area contributed by atoms with Gasteiger partial charge in [-0.25, -0.2) is 0 Å². The first-order chi connectivity index (χ1) is 5.90. The lowest BCUT2D eigenvalue weighted by Gasteiger charge is -2.07. The molecule has 1 heterocycles. The van der Waals surface area contributed by atoms with Crippen LogP contribution in [0, 0.1) is 0 Å². The molecule has 0 atom stereocenters. The van der Waals surface area contributed by atoms with Crippen LogP contribution < -0.4 is 0 Å². The van der Waals surface area contributed by atoms with Gasteiger partial charge in [-0.1, -0.05) is 6.92 Å². The molecule has 1 aliphatic rings. The van der Waals surface area contributed by atoms with Gasteiger partial charge >= 0.3 is 0 Å². The Labute approximate surface area is 73.8 Å². The van der Waals surface area contributed by atoms with Crippen molar-refractivity contribution in [1.29, 1.82) is 0 Å². The van der Waals surface area contributed by atoms with Crippen LogP contribution in [0.25, 0.3) is 0 Å². The largest absolute Gasteiger partial charge is 0.466 e. The Morgan fingerprint density at radius 1 is 1.33 bits per heavy atom. The van der Waals surface area contributed by atoms with E-state index in [1.54, 1.807) is 0 Å². The molecule has 0 fully saturated rings. The normalized spacial score (nSPS) is 16.1. The van der Waals surface area contributed by atoms with Gasteiger partial charge in [0.1, 0.15) is 11.5 Å². The van der Waals surface area contributed by atoms with Crippen molar-refractivity contribution in [2.24, 2.45) is 0 Å². The lowest BCUT2D eigenvalue weighted by Crippen LogP contribution is -1.97. The molecule has 0 amide bonds. The topological polar surface area (TPSA) is 13.1 Å². The van der Waals surface area contributed by atoms with Crippen LogP contribution in [0.1, 0.15) is 43.3 Å². The lowest BCUT2D eigenvalue weighted by atomic mass is 9.98. The van der Waals surface area contributed by atoms with Crippen LogP contribution in [0.2, 0.25) is 0 Å². The summed E-state index contributed by atoms with van der Waals surface area (Å²) in [7, 11) is 0. The summed E-state index contributed by atoms with van der Waals surface area (Å²) in [5.41, 5.74) is 1.48. The Kier molecular flexibility index (Phi) is 2.20. The standard InChI is InChI=1S/C11H16O/c1-2-5-10-8-9-6-3-4-7-11(9)12-10/h8H,2-7H2,1H3. The molecule has 0 saturated carbocycles. The molecule has 0 saturated heterocycles. The van der Waals surface area contributed by atoms with Crippen molar-refractivity contribution >= 4 is 0 Å². The zero-order chi connectivity index (χ0) is 8.39. The summed E-state index contributed by atoms with van der Waals surface area (Å²) >= 11 is 0. The van der Waals surface area contributed by atoms with E-state index in [0.717, 1.165) is 6.42 Å². The molecule has 0 spiro atoms. The summed E-state index contributed by atoms with van der Waals surface area (Å²) in [4.78, 5) is 0. The van der Waals surface area contributed by atoms with Crippen LogP contribution in [0.4, 0.5) is 0 Å². The molecular weight excluding hydrogens is 148 g/mol. The maximum Gasteiger partial charge on any atom is 0.107 e. The Morgan fingerprint density at radius 2 is 2.17 bits per heavy atom. The first kappa shape index (κ1) is 7.90. The van der Waals surface area contributed by atoms with E-state index >= 15 is 0 Å². The second-order valence-electron chi connectivity index (χ2n) is 3.62. The molecule has 0 N–H and O–H groups in total. The van der Waals surface area contributed by atoms with Gasteiger partial charge in [-0.05, 0) is 37.3 Å². The van der Waals surface area contributed by atoms with Gasteiger partial charge in [0, 0.05) is 12.8 Å². The summed E-state index contributed by atoms with van der Waals surface area (Å²) in [6.07, 6.45) is 7.35. The third-order valence-corrected chi connectivity index (χ3v) is 2.54.